The molecular weight excluding hydrogens is 1770 g/mol. The summed E-state index contributed by atoms with van der Waals surface area (Å²) >= 11 is 5.88. The van der Waals surface area contributed by atoms with Crippen LogP contribution >= 0.6 is 45.3 Å². The molecule has 7 aliphatic rings. The summed E-state index contributed by atoms with van der Waals surface area (Å²) in [6, 6.07) is 18.7. The number of nitrogens with one attached hydrogen (secondary N) is 6. The first-order valence-corrected chi connectivity index (χ1v) is 46.8. The summed E-state index contributed by atoms with van der Waals surface area (Å²) in [5.74, 6) is 5.27. The molecule has 0 spiro atoms. The lowest BCUT2D eigenvalue weighted by Gasteiger charge is -2.33. The van der Waals surface area contributed by atoms with E-state index >= 15 is 0 Å². The first-order valence-electron chi connectivity index (χ1n) is 43.5. The molecular formula is C91H106N30O8S4. The lowest BCUT2D eigenvalue weighted by Crippen LogP contribution is -2.44. The molecule has 38 nitrogen and oxygen atoms in total. The van der Waals surface area contributed by atoms with Crippen LogP contribution in [0.5, 0.6) is 11.5 Å². The molecule has 0 bridgehead atoms. The normalized spacial score (nSPS) is 15.1. The van der Waals surface area contributed by atoms with E-state index in [2.05, 4.69) is 124 Å². The van der Waals surface area contributed by atoms with Crippen molar-refractivity contribution in [2.75, 3.05) is 167 Å². The lowest BCUT2D eigenvalue weighted by molar-refractivity contribution is -0.116. The van der Waals surface area contributed by atoms with Crippen molar-refractivity contribution in [3.05, 3.63) is 157 Å². The molecule has 133 heavy (non-hydrogen) atoms. The smallest absolute Gasteiger partial charge is 0.280 e. The molecule has 12 aromatic rings. The van der Waals surface area contributed by atoms with Crippen LogP contribution in [0.25, 0.3) is 0 Å². The van der Waals surface area contributed by atoms with Crippen molar-refractivity contribution in [3.63, 3.8) is 0 Å². The standard InChI is InChI=1S/C24H29N7O2S.C23H29N9OS.C22H25N7O3S.C22H23N7O2S/c1-13(2)31-18-11-25-24(28-21(18)30(5)23-20(22(31)32)26-14(3)34-23)27-17-9-16-12-29(4)8-7-15(16)10-19(17)33-6;1-14(2)32-17-13-25-23(28-20(17)30(5)22-19(21(32)33)26-15(3)34-22)27-18-7-6-16(12-24-18)31-10-8-29(4)9-11-31;1-11(2)29-15-10-24-22(26-14-8-7-13(19(30)23-4)9-16(14)32-6)27-18(15)28(5)21-17(20(29)31)25-12(3)33-21;1-11(2)29-16-10-23-22(25-14-6-7-15-13(9-14)5-8-17(30)26-15)27-19(16)28(4)21-18(20(29)31)24-12(3)32-21/h9-11,13H,7-8,12H2,1-6H3,(H,25,27,28);6-7,12-14H,8-11H2,1-5H3,(H,24,25,27,28);7-11H,1-6H3,(H,23,30)(H,24,26,27);6-7,9-11H,5,8H2,1-4H3,(H,26,30)(H,23,25,27). The van der Waals surface area contributed by atoms with Crippen LogP contribution in [0.3, 0.4) is 0 Å². The first-order chi connectivity index (χ1) is 63.6. The zero-order chi connectivity index (χ0) is 94.6. The van der Waals surface area contributed by atoms with Gasteiger partial charge in [-0.05, 0) is 187 Å². The lowest BCUT2D eigenvalue weighted by atomic mass is 9.99. The van der Waals surface area contributed by atoms with Crippen molar-refractivity contribution >= 4 is 205 Å². The largest absolute Gasteiger partial charge is 0.495 e. The van der Waals surface area contributed by atoms with Gasteiger partial charge in [-0.25, -0.2) is 44.9 Å². The molecule has 692 valence electrons. The summed E-state index contributed by atoms with van der Waals surface area (Å²) < 4.78 is 11.1. The number of carbonyl (C=O) groups excluding carboxylic acids is 6. The van der Waals surface area contributed by atoms with Gasteiger partial charge in [0, 0.05) is 122 Å². The van der Waals surface area contributed by atoms with E-state index in [1.165, 1.54) is 63.6 Å². The van der Waals surface area contributed by atoms with Crippen LogP contribution in [0.2, 0.25) is 0 Å². The van der Waals surface area contributed by atoms with Gasteiger partial charge in [0.2, 0.25) is 29.7 Å². The maximum Gasteiger partial charge on any atom is 0.280 e. The summed E-state index contributed by atoms with van der Waals surface area (Å²) in [5.41, 5.74) is 12.7. The molecule has 0 atom stereocenters. The van der Waals surface area contributed by atoms with Crippen LogP contribution in [-0.2, 0) is 24.2 Å². The maximum absolute atomic E-state index is 13.4. The van der Waals surface area contributed by atoms with E-state index in [1.807, 2.05) is 161 Å². The fourth-order valence-corrected chi connectivity index (χ4v) is 20.0. The van der Waals surface area contributed by atoms with E-state index < -0.39 is 0 Å². The minimum atomic E-state index is -0.211. The predicted molar refractivity (Wildman–Crippen MR) is 525 cm³/mol. The average molecular weight is 1880 g/mol. The highest BCUT2D eigenvalue weighted by atomic mass is 32.1. The topological polar surface area (TPSA) is 396 Å². The van der Waals surface area contributed by atoms with Crippen molar-refractivity contribution in [3.8, 4) is 11.5 Å². The number of likely N-dealkylation sites (N-methyl/N-ethyl adjacent to an activating group) is 2. The minimum absolute atomic E-state index is 0.0391. The number of amides is 6. The van der Waals surface area contributed by atoms with E-state index in [4.69, 9.17) is 29.4 Å². The summed E-state index contributed by atoms with van der Waals surface area (Å²) in [6.07, 6.45) is 10.8. The molecule has 42 heteroatoms. The number of aryl methyl sites for hydroxylation is 5. The average Bonchev–Trinajstić information content (AvgIpc) is 1.61. The van der Waals surface area contributed by atoms with Gasteiger partial charge in [-0.15, -0.1) is 45.3 Å². The van der Waals surface area contributed by atoms with E-state index in [-0.39, 0.29) is 59.6 Å². The number of carbonyl (C=O) groups is 6. The zero-order valence-electron chi connectivity index (χ0n) is 78.0. The Bertz CT molecular complexity index is 6510. The molecule has 6 N–H and O–H groups in total. The van der Waals surface area contributed by atoms with Gasteiger partial charge in [0.25, 0.3) is 29.5 Å². The Balaban J connectivity index is 0.000000129. The Kier molecular flexibility index (Phi) is 26.5. The second-order valence-electron chi connectivity index (χ2n) is 33.9. The molecule has 6 amide bonds. The number of rotatable bonds is 16. The number of hydrogen-bond donors (Lipinski definition) is 6. The highest BCUT2D eigenvalue weighted by molar-refractivity contribution is 7.17. The zero-order valence-corrected chi connectivity index (χ0v) is 81.2. The fraction of sp³-hybridized carbons (Fsp3) is 0.374. The number of piperazine rings is 1. The highest BCUT2D eigenvalue weighted by Crippen LogP contribution is 2.49. The van der Waals surface area contributed by atoms with E-state index in [9.17, 15) is 28.8 Å². The minimum Gasteiger partial charge on any atom is -0.495 e. The number of anilines is 22. The third kappa shape index (κ3) is 18.7. The van der Waals surface area contributed by atoms with Gasteiger partial charge in [-0.1, -0.05) is 0 Å². The summed E-state index contributed by atoms with van der Waals surface area (Å²) in [4.78, 5) is 158. The second kappa shape index (κ2) is 38.2. The van der Waals surface area contributed by atoms with Gasteiger partial charge < -0.3 is 75.7 Å². The highest BCUT2D eigenvalue weighted by Gasteiger charge is 2.41. The van der Waals surface area contributed by atoms with Crippen molar-refractivity contribution in [2.24, 2.45) is 0 Å². The van der Waals surface area contributed by atoms with Crippen LogP contribution in [-0.4, -0.2) is 230 Å². The molecule has 1 saturated heterocycles. The second-order valence-corrected chi connectivity index (χ2v) is 38.6. The van der Waals surface area contributed by atoms with E-state index in [0.29, 0.717) is 128 Å². The van der Waals surface area contributed by atoms with Crippen LogP contribution in [0.4, 0.5) is 124 Å². The third-order valence-electron chi connectivity index (χ3n) is 23.2. The number of ether oxygens (including phenoxy) is 2. The van der Waals surface area contributed by atoms with Gasteiger partial charge >= 0.3 is 0 Å². The van der Waals surface area contributed by atoms with Crippen molar-refractivity contribution in [1.82, 2.24) is 79.9 Å². The number of hydrogen-bond acceptors (Lipinski definition) is 36. The van der Waals surface area contributed by atoms with Gasteiger partial charge in [-0.2, -0.15) is 19.9 Å². The Morgan fingerprint density at radius 2 is 0.835 bits per heavy atom. The van der Waals surface area contributed by atoms with Gasteiger partial charge in [0.05, 0.1) is 82.3 Å². The van der Waals surface area contributed by atoms with Crippen LogP contribution < -0.4 is 85.5 Å². The number of nitrogens with zero attached hydrogens (tertiary/aromatic N) is 24. The maximum atomic E-state index is 13.4. The number of thiazole rings is 4. The van der Waals surface area contributed by atoms with Gasteiger partial charge in [0.1, 0.15) is 60.1 Å². The van der Waals surface area contributed by atoms with E-state index in [1.54, 1.807) is 76.7 Å². The van der Waals surface area contributed by atoms with Gasteiger partial charge in [0.15, 0.2) is 46.0 Å². The molecule has 19 rings (SSSR count). The quantitative estimate of drug-likeness (QED) is 0.0523. The summed E-state index contributed by atoms with van der Waals surface area (Å²) in [7, 11) is 16.6. The molecule has 0 unspecified atom stereocenters. The van der Waals surface area contributed by atoms with Crippen LogP contribution in [0.15, 0.2) is 91.6 Å². The molecule has 9 aromatic heterocycles. The molecule has 0 aliphatic carbocycles. The Hall–Kier alpha value is -13.8. The SMILES string of the molecule is CNC(=O)c1ccc(Nc2ncc3c(n2)N(C)c2sc(C)nc2C(=O)N3C(C)C)c(OC)c1.COc1cc2c(cc1Nc1ncc3c(n1)N(C)c1sc(C)nc1C(=O)N3C(C)C)CN(C)CC2.Cc1nc2c(s1)N(C)c1nc(Nc3ccc(N4CCN(C)CC4)cn3)ncc1N(C(C)C)C2=O.Cc1nc2c(s1)N(C)c1nc(Nc3ccc4c(c3)CCC(=O)N4)ncc1N(C(C)C)C2=O. The Morgan fingerprint density at radius 1 is 0.414 bits per heavy atom. The van der Waals surface area contributed by atoms with Gasteiger partial charge in [-0.3, -0.25) is 48.4 Å². The Morgan fingerprint density at radius 3 is 1.25 bits per heavy atom. The molecule has 16 heterocycles. The molecule has 0 radical (unpaired) electrons. The van der Waals surface area contributed by atoms with Crippen LogP contribution in [0, 0.1) is 27.7 Å². The molecule has 3 aromatic carbocycles. The number of methoxy groups -OCH3 is 2. The predicted octanol–water partition coefficient (Wildman–Crippen LogP) is 14.9. The fourth-order valence-electron chi connectivity index (χ4n) is 16.6. The number of benzene rings is 3. The Labute approximate surface area is 786 Å². The van der Waals surface area contributed by atoms with Crippen molar-refractivity contribution in [1.29, 1.82) is 0 Å². The van der Waals surface area contributed by atoms with E-state index in [0.717, 1.165) is 120 Å². The number of pyridine rings is 1. The van der Waals surface area contributed by atoms with Crippen molar-refractivity contribution in [2.45, 2.75) is 133 Å². The first kappa shape index (κ1) is 92.5. The monoisotopic (exact) mass is 1870 g/mol. The van der Waals surface area contributed by atoms with Crippen LogP contribution in [0.1, 0.15) is 151 Å². The number of fused-ring (bicyclic) bond motifs is 10. The molecule has 1 fully saturated rings. The summed E-state index contributed by atoms with van der Waals surface area (Å²) in [5, 5.41) is 24.9. The third-order valence-corrected chi connectivity index (χ3v) is 27.4. The van der Waals surface area contributed by atoms with Crippen molar-refractivity contribution < 1.29 is 38.2 Å². The number of aromatic nitrogens is 13. The molecule has 0 saturated carbocycles. The molecule has 7 aliphatic heterocycles. The summed E-state index contributed by atoms with van der Waals surface area (Å²) in [6.45, 7) is 29.3.